The van der Waals surface area contributed by atoms with Crippen LogP contribution in [-0.2, 0) is 4.79 Å². The van der Waals surface area contributed by atoms with Gasteiger partial charge in [-0.25, -0.2) is 0 Å². The van der Waals surface area contributed by atoms with Crippen molar-refractivity contribution in [3.05, 3.63) is 154 Å². The lowest BCUT2D eigenvalue weighted by Gasteiger charge is -2.32. The van der Waals surface area contributed by atoms with Crippen LogP contribution in [0.25, 0.3) is 0 Å². The van der Waals surface area contributed by atoms with Crippen molar-refractivity contribution < 1.29 is 4.79 Å². The van der Waals surface area contributed by atoms with Gasteiger partial charge < -0.3 is 0 Å². The van der Waals surface area contributed by atoms with E-state index in [0.29, 0.717) is 6.42 Å². The van der Waals surface area contributed by atoms with Gasteiger partial charge in [0.15, 0.2) is 5.78 Å². The number of allylic oxidation sites excluding steroid dienone is 26. The first kappa shape index (κ1) is 35.3. The van der Waals surface area contributed by atoms with Crippen molar-refractivity contribution in [2.24, 2.45) is 5.41 Å². The number of carbonyl (C=O) groups excluding carboxylic acids is 1. The molecule has 1 aliphatic rings. The molecular formula is C40H52O. The number of hydrogen-bond donors (Lipinski definition) is 0. The SMILES string of the molecule is CC(C)=CC=C/C(C)=C/C=C/C(C)=C/C=C/C(C)=C/C=C/C=C(C)/C=C/C=C(C)/C=C/C1=C(C)C(=O)CCC1(C)C. The molecule has 1 heteroatoms. The molecule has 0 aromatic heterocycles. The first-order chi connectivity index (χ1) is 19.3. The van der Waals surface area contributed by atoms with Gasteiger partial charge in [-0.2, -0.15) is 0 Å². The van der Waals surface area contributed by atoms with Crippen molar-refractivity contribution in [2.45, 2.75) is 82.1 Å². The number of hydrogen-bond acceptors (Lipinski definition) is 1. The second kappa shape index (κ2) is 18.6. The van der Waals surface area contributed by atoms with Gasteiger partial charge in [0.25, 0.3) is 0 Å². The van der Waals surface area contributed by atoms with Crippen LogP contribution in [0, 0.1) is 5.41 Å². The van der Waals surface area contributed by atoms with Gasteiger partial charge in [0.1, 0.15) is 0 Å². The molecule has 0 amide bonds. The van der Waals surface area contributed by atoms with Crippen molar-refractivity contribution in [1.82, 2.24) is 0 Å². The molecule has 218 valence electrons. The first-order valence-electron chi connectivity index (χ1n) is 14.6. The molecule has 0 N–H and O–H groups in total. The standard InChI is InChI=1S/C40H52O/c1-31(2)17-13-20-34(5)23-15-25-35(6)24-14-21-32(3)18-11-12-19-33(4)22-16-26-36(7)27-28-38-37(8)39(41)29-30-40(38,9)10/h11-28H,29-30H2,1-10H3/b12-11+,20-13?,21-14+,22-16+,25-15+,28-27+,32-18+,33-19+,34-23+,35-24+,36-26+. The summed E-state index contributed by atoms with van der Waals surface area (Å²) in [4.78, 5) is 12.1. The Morgan fingerprint density at radius 3 is 1.34 bits per heavy atom. The summed E-state index contributed by atoms with van der Waals surface area (Å²) in [6, 6.07) is 0. The van der Waals surface area contributed by atoms with Crippen LogP contribution in [0.2, 0.25) is 0 Å². The highest BCUT2D eigenvalue weighted by Gasteiger charge is 2.30. The maximum absolute atomic E-state index is 12.1. The Bertz CT molecular complexity index is 1300. The molecule has 0 spiro atoms. The van der Waals surface area contributed by atoms with Crippen LogP contribution in [0.4, 0.5) is 0 Å². The van der Waals surface area contributed by atoms with Gasteiger partial charge in [0.05, 0.1) is 0 Å². The Morgan fingerprint density at radius 2 is 0.927 bits per heavy atom. The quantitative estimate of drug-likeness (QED) is 0.222. The lowest BCUT2D eigenvalue weighted by atomic mass is 9.72. The molecule has 0 saturated heterocycles. The van der Waals surface area contributed by atoms with Crippen LogP contribution in [-0.4, -0.2) is 5.78 Å². The minimum atomic E-state index is 0.0476. The molecule has 0 saturated carbocycles. The molecule has 1 nitrogen and oxygen atoms in total. The first-order valence-corrected chi connectivity index (χ1v) is 14.6. The Hall–Kier alpha value is -3.71. The fourth-order valence-electron chi connectivity index (χ4n) is 4.11. The molecule has 0 aromatic rings. The predicted octanol–water partition coefficient (Wildman–Crippen LogP) is 11.7. The molecule has 1 rings (SSSR count). The summed E-state index contributed by atoms with van der Waals surface area (Å²) in [6.45, 7) is 21.1. The van der Waals surface area contributed by atoms with Crippen LogP contribution < -0.4 is 0 Å². The average molecular weight is 549 g/mol. The zero-order valence-corrected chi connectivity index (χ0v) is 27.2. The van der Waals surface area contributed by atoms with E-state index in [1.807, 2.05) is 6.92 Å². The van der Waals surface area contributed by atoms with Gasteiger partial charge in [-0.1, -0.05) is 157 Å². The molecule has 0 fully saturated rings. The highest BCUT2D eigenvalue weighted by atomic mass is 16.1. The fourth-order valence-corrected chi connectivity index (χ4v) is 4.11. The second-order valence-corrected chi connectivity index (χ2v) is 11.8. The molecule has 0 heterocycles. The van der Waals surface area contributed by atoms with E-state index < -0.39 is 0 Å². The summed E-state index contributed by atoms with van der Waals surface area (Å²) in [7, 11) is 0. The van der Waals surface area contributed by atoms with Crippen molar-refractivity contribution in [1.29, 1.82) is 0 Å². The molecule has 0 bridgehead atoms. The van der Waals surface area contributed by atoms with Gasteiger partial charge in [0, 0.05) is 6.42 Å². The van der Waals surface area contributed by atoms with Gasteiger partial charge in [0.2, 0.25) is 0 Å². The smallest absolute Gasteiger partial charge is 0.158 e. The van der Waals surface area contributed by atoms with Gasteiger partial charge >= 0.3 is 0 Å². The molecule has 0 radical (unpaired) electrons. The molecule has 0 aromatic carbocycles. The van der Waals surface area contributed by atoms with Crippen LogP contribution in [0.5, 0.6) is 0 Å². The second-order valence-electron chi connectivity index (χ2n) is 11.8. The number of carbonyl (C=O) groups is 1. The molecular weight excluding hydrogens is 496 g/mol. The minimum absolute atomic E-state index is 0.0476. The van der Waals surface area contributed by atoms with E-state index in [4.69, 9.17) is 0 Å². The number of ketones is 1. The van der Waals surface area contributed by atoms with E-state index in [1.54, 1.807) is 0 Å². The summed E-state index contributed by atoms with van der Waals surface area (Å²) < 4.78 is 0. The lowest BCUT2D eigenvalue weighted by Crippen LogP contribution is -2.24. The number of rotatable bonds is 12. The Morgan fingerprint density at radius 1 is 0.561 bits per heavy atom. The highest BCUT2D eigenvalue weighted by Crippen LogP contribution is 2.39. The summed E-state index contributed by atoms with van der Waals surface area (Å²) in [6.07, 6.45) is 39.4. The molecule has 41 heavy (non-hydrogen) atoms. The maximum atomic E-state index is 12.1. The summed E-state index contributed by atoms with van der Waals surface area (Å²) in [5.74, 6) is 0.276. The predicted molar refractivity (Wildman–Crippen MR) is 184 cm³/mol. The monoisotopic (exact) mass is 548 g/mol. The third-order valence-corrected chi connectivity index (χ3v) is 6.81. The van der Waals surface area contributed by atoms with E-state index in [-0.39, 0.29) is 11.2 Å². The maximum Gasteiger partial charge on any atom is 0.158 e. The molecule has 0 unspecified atom stereocenters. The number of Topliss-reactive ketones (excluding diaryl/α,β-unsaturated/α-hetero) is 1. The van der Waals surface area contributed by atoms with E-state index in [9.17, 15) is 4.79 Å². The minimum Gasteiger partial charge on any atom is -0.295 e. The summed E-state index contributed by atoms with van der Waals surface area (Å²) in [5, 5.41) is 0. The van der Waals surface area contributed by atoms with Gasteiger partial charge in [-0.05, 0) is 78.4 Å². The van der Waals surface area contributed by atoms with E-state index in [2.05, 4.69) is 172 Å². The molecule has 0 atom stereocenters. The van der Waals surface area contributed by atoms with E-state index in [0.717, 1.165) is 23.1 Å². The van der Waals surface area contributed by atoms with Crippen LogP contribution in [0.1, 0.15) is 82.1 Å². The van der Waals surface area contributed by atoms with Gasteiger partial charge in [-0.3, -0.25) is 4.79 Å². The fraction of sp³-hybridized carbons (Fsp3) is 0.325. The zero-order chi connectivity index (χ0) is 30.8. The Balaban J connectivity index is 2.65. The van der Waals surface area contributed by atoms with E-state index in [1.165, 1.54) is 27.9 Å². The highest BCUT2D eigenvalue weighted by molar-refractivity contribution is 5.97. The van der Waals surface area contributed by atoms with Crippen molar-refractivity contribution in [3.8, 4) is 0 Å². The summed E-state index contributed by atoms with van der Waals surface area (Å²) >= 11 is 0. The van der Waals surface area contributed by atoms with Crippen molar-refractivity contribution in [2.75, 3.05) is 0 Å². The Kier molecular flexibility index (Phi) is 16.0. The van der Waals surface area contributed by atoms with Crippen LogP contribution in [0.15, 0.2) is 154 Å². The lowest BCUT2D eigenvalue weighted by molar-refractivity contribution is -0.116. The third kappa shape index (κ3) is 15.6. The largest absolute Gasteiger partial charge is 0.295 e. The Labute approximate surface area is 251 Å². The van der Waals surface area contributed by atoms with E-state index >= 15 is 0 Å². The molecule has 0 aliphatic heterocycles. The van der Waals surface area contributed by atoms with Gasteiger partial charge in [-0.15, -0.1) is 0 Å². The topological polar surface area (TPSA) is 17.1 Å². The normalized spacial score (nSPS) is 18.6. The molecule has 1 aliphatic carbocycles. The third-order valence-electron chi connectivity index (χ3n) is 6.81. The summed E-state index contributed by atoms with van der Waals surface area (Å²) in [5.41, 5.74) is 9.36. The van der Waals surface area contributed by atoms with Crippen LogP contribution in [0.3, 0.4) is 0 Å². The van der Waals surface area contributed by atoms with Crippen LogP contribution >= 0.6 is 0 Å². The van der Waals surface area contributed by atoms with Crippen molar-refractivity contribution in [3.63, 3.8) is 0 Å². The zero-order valence-electron chi connectivity index (χ0n) is 27.2. The van der Waals surface area contributed by atoms with Crippen molar-refractivity contribution >= 4 is 5.78 Å². The average Bonchev–Trinajstić information content (AvgIpc) is 2.88.